The number of carbonyl (C=O) groups is 1. The summed E-state index contributed by atoms with van der Waals surface area (Å²) in [6, 6.07) is 13.4. The Hall–Kier alpha value is -3.00. The molecule has 0 spiro atoms. The summed E-state index contributed by atoms with van der Waals surface area (Å²) in [6.07, 6.45) is 0. The Bertz CT molecular complexity index is 983. The number of ether oxygens (including phenoxy) is 2. The number of para-hydroxylation sites is 3. The van der Waals surface area contributed by atoms with E-state index in [1.165, 1.54) is 11.8 Å². The highest BCUT2D eigenvalue weighted by Crippen LogP contribution is 2.27. The summed E-state index contributed by atoms with van der Waals surface area (Å²) < 4.78 is 12.9. The number of amides is 1. The van der Waals surface area contributed by atoms with E-state index in [9.17, 15) is 4.79 Å². The van der Waals surface area contributed by atoms with Gasteiger partial charge < -0.3 is 19.4 Å². The van der Waals surface area contributed by atoms with Crippen LogP contribution in [0.3, 0.4) is 0 Å². The van der Waals surface area contributed by atoms with Crippen LogP contribution in [0.15, 0.2) is 47.6 Å². The van der Waals surface area contributed by atoms with Gasteiger partial charge >= 0.3 is 0 Å². The third-order valence-corrected chi connectivity index (χ3v) is 5.45. The molecule has 3 aromatic rings. The third kappa shape index (κ3) is 5.08. The molecule has 8 heteroatoms. The zero-order chi connectivity index (χ0) is 20.8. The van der Waals surface area contributed by atoms with Crippen LogP contribution in [0, 0.1) is 13.8 Å². The Kier molecular flexibility index (Phi) is 6.77. The van der Waals surface area contributed by atoms with Crippen molar-refractivity contribution in [2.24, 2.45) is 7.05 Å². The van der Waals surface area contributed by atoms with Crippen LogP contribution in [-0.2, 0) is 18.4 Å². The van der Waals surface area contributed by atoms with Crippen molar-refractivity contribution in [3.63, 3.8) is 0 Å². The smallest absolute Gasteiger partial charge is 0.234 e. The Labute approximate surface area is 174 Å². The molecule has 0 aliphatic carbocycles. The van der Waals surface area contributed by atoms with E-state index in [-0.39, 0.29) is 18.3 Å². The highest BCUT2D eigenvalue weighted by molar-refractivity contribution is 7.99. The molecule has 2 aromatic carbocycles. The Morgan fingerprint density at radius 1 is 1.07 bits per heavy atom. The number of aryl methyl sites for hydroxylation is 2. The number of methoxy groups -OCH3 is 1. The van der Waals surface area contributed by atoms with Gasteiger partial charge in [-0.05, 0) is 37.1 Å². The fraction of sp³-hybridized carbons (Fsp3) is 0.286. The SMILES string of the molecule is COc1ccccc1OCc1nnc(SCC(=O)Nc2c(C)cccc2C)n1C. The van der Waals surface area contributed by atoms with Crippen molar-refractivity contribution < 1.29 is 14.3 Å². The largest absolute Gasteiger partial charge is 0.493 e. The second-order valence-corrected chi connectivity index (χ2v) is 7.44. The van der Waals surface area contributed by atoms with Gasteiger partial charge in [0.25, 0.3) is 0 Å². The van der Waals surface area contributed by atoms with Gasteiger partial charge in [0.05, 0.1) is 12.9 Å². The van der Waals surface area contributed by atoms with E-state index in [1.807, 2.05) is 67.9 Å². The van der Waals surface area contributed by atoms with Gasteiger partial charge in [0.15, 0.2) is 22.5 Å². The molecule has 1 heterocycles. The lowest BCUT2D eigenvalue weighted by molar-refractivity contribution is -0.113. The van der Waals surface area contributed by atoms with Gasteiger partial charge in [0.1, 0.15) is 6.61 Å². The summed E-state index contributed by atoms with van der Waals surface area (Å²) in [6.45, 7) is 4.21. The molecule has 1 N–H and O–H groups in total. The Morgan fingerprint density at radius 3 is 2.45 bits per heavy atom. The predicted molar refractivity (Wildman–Crippen MR) is 114 cm³/mol. The molecule has 0 atom stereocenters. The molecule has 152 valence electrons. The lowest BCUT2D eigenvalue weighted by Gasteiger charge is -2.11. The zero-order valence-electron chi connectivity index (χ0n) is 16.9. The molecule has 1 aromatic heterocycles. The molecular weight excluding hydrogens is 388 g/mol. The third-order valence-electron chi connectivity index (χ3n) is 4.43. The standard InChI is InChI=1S/C21H24N4O3S/c1-14-8-7-9-15(2)20(14)22-19(26)13-29-21-24-23-18(25(21)3)12-28-17-11-6-5-10-16(17)27-4/h5-11H,12-13H2,1-4H3,(H,22,26). The van der Waals surface area contributed by atoms with E-state index in [1.54, 1.807) is 7.11 Å². The highest BCUT2D eigenvalue weighted by atomic mass is 32.2. The number of nitrogens with one attached hydrogen (secondary N) is 1. The summed E-state index contributed by atoms with van der Waals surface area (Å²) in [4.78, 5) is 12.4. The minimum atomic E-state index is -0.0813. The van der Waals surface area contributed by atoms with Crippen molar-refractivity contribution >= 4 is 23.4 Å². The number of nitrogens with zero attached hydrogens (tertiary/aromatic N) is 3. The van der Waals surface area contributed by atoms with Gasteiger partial charge in [0.2, 0.25) is 5.91 Å². The van der Waals surface area contributed by atoms with Crippen molar-refractivity contribution in [3.8, 4) is 11.5 Å². The van der Waals surface area contributed by atoms with E-state index >= 15 is 0 Å². The number of hydrogen-bond acceptors (Lipinski definition) is 6. The second kappa shape index (κ2) is 9.47. The van der Waals surface area contributed by atoms with E-state index < -0.39 is 0 Å². The van der Waals surface area contributed by atoms with Crippen LogP contribution < -0.4 is 14.8 Å². The fourth-order valence-corrected chi connectivity index (χ4v) is 3.52. The molecule has 0 radical (unpaired) electrons. The van der Waals surface area contributed by atoms with E-state index in [4.69, 9.17) is 9.47 Å². The van der Waals surface area contributed by atoms with Gasteiger partial charge in [-0.25, -0.2) is 0 Å². The van der Waals surface area contributed by atoms with Crippen LogP contribution in [0.4, 0.5) is 5.69 Å². The zero-order valence-corrected chi connectivity index (χ0v) is 17.7. The number of carbonyl (C=O) groups excluding carboxylic acids is 1. The minimum absolute atomic E-state index is 0.0813. The average Bonchev–Trinajstić information content (AvgIpc) is 3.07. The summed E-state index contributed by atoms with van der Waals surface area (Å²) >= 11 is 1.33. The molecule has 0 aliphatic heterocycles. The molecule has 3 rings (SSSR count). The molecule has 1 amide bonds. The summed E-state index contributed by atoms with van der Waals surface area (Å²) in [5.41, 5.74) is 2.94. The first kappa shape index (κ1) is 20.7. The number of aromatic nitrogens is 3. The lowest BCUT2D eigenvalue weighted by atomic mass is 10.1. The predicted octanol–water partition coefficient (Wildman–Crippen LogP) is 3.75. The first-order valence-electron chi connectivity index (χ1n) is 9.12. The van der Waals surface area contributed by atoms with Gasteiger partial charge in [0, 0.05) is 12.7 Å². The summed E-state index contributed by atoms with van der Waals surface area (Å²) in [5.74, 6) is 2.12. The topological polar surface area (TPSA) is 78.3 Å². The molecule has 0 bridgehead atoms. The highest BCUT2D eigenvalue weighted by Gasteiger charge is 2.14. The van der Waals surface area contributed by atoms with Crippen LogP contribution in [0.25, 0.3) is 0 Å². The van der Waals surface area contributed by atoms with Crippen molar-refractivity contribution in [2.75, 3.05) is 18.2 Å². The number of benzene rings is 2. The van der Waals surface area contributed by atoms with Crippen LogP contribution in [-0.4, -0.2) is 33.5 Å². The molecule has 7 nitrogen and oxygen atoms in total. The average molecular weight is 413 g/mol. The molecule has 0 saturated heterocycles. The maximum absolute atomic E-state index is 12.4. The van der Waals surface area contributed by atoms with Crippen LogP contribution >= 0.6 is 11.8 Å². The summed E-state index contributed by atoms with van der Waals surface area (Å²) in [7, 11) is 3.45. The number of thioether (sulfide) groups is 1. The Balaban J connectivity index is 1.57. The van der Waals surface area contributed by atoms with E-state index in [2.05, 4.69) is 15.5 Å². The van der Waals surface area contributed by atoms with Crippen LogP contribution in [0.5, 0.6) is 11.5 Å². The molecule has 29 heavy (non-hydrogen) atoms. The fourth-order valence-electron chi connectivity index (χ4n) is 2.79. The van der Waals surface area contributed by atoms with E-state index in [0.717, 1.165) is 16.8 Å². The normalized spacial score (nSPS) is 10.6. The first-order valence-corrected chi connectivity index (χ1v) is 10.1. The molecule has 0 fully saturated rings. The van der Waals surface area contributed by atoms with Crippen molar-refractivity contribution in [2.45, 2.75) is 25.6 Å². The summed E-state index contributed by atoms with van der Waals surface area (Å²) in [5, 5.41) is 12.0. The maximum Gasteiger partial charge on any atom is 0.234 e. The molecular formula is C21H24N4O3S. The van der Waals surface area contributed by atoms with Crippen molar-refractivity contribution in [1.29, 1.82) is 0 Å². The van der Waals surface area contributed by atoms with Crippen LogP contribution in [0.1, 0.15) is 17.0 Å². The van der Waals surface area contributed by atoms with Gasteiger partial charge in [-0.1, -0.05) is 42.1 Å². The quantitative estimate of drug-likeness (QED) is 0.568. The molecule has 0 unspecified atom stereocenters. The number of hydrogen-bond donors (Lipinski definition) is 1. The van der Waals surface area contributed by atoms with E-state index in [0.29, 0.717) is 22.5 Å². The van der Waals surface area contributed by atoms with Crippen molar-refractivity contribution in [1.82, 2.24) is 14.8 Å². The van der Waals surface area contributed by atoms with Crippen LogP contribution in [0.2, 0.25) is 0 Å². The van der Waals surface area contributed by atoms with Crippen molar-refractivity contribution in [3.05, 3.63) is 59.4 Å². The maximum atomic E-state index is 12.4. The molecule has 0 saturated carbocycles. The van der Waals surface area contributed by atoms with Gasteiger partial charge in [-0.3, -0.25) is 4.79 Å². The lowest BCUT2D eigenvalue weighted by Crippen LogP contribution is -2.16. The first-order chi connectivity index (χ1) is 14.0. The number of anilines is 1. The Morgan fingerprint density at radius 2 is 1.76 bits per heavy atom. The van der Waals surface area contributed by atoms with Gasteiger partial charge in [-0.15, -0.1) is 10.2 Å². The monoisotopic (exact) mass is 412 g/mol. The minimum Gasteiger partial charge on any atom is -0.493 e. The second-order valence-electron chi connectivity index (χ2n) is 6.50. The number of rotatable bonds is 8. The van der Waals surface area contributed by atoms with Gasteiger partial charge in [-0.2, -0.15) is 0 Å². The molecule has 0 aliphatic rings.